The third-order valence-electron chi connectivity index (χ3n) is 2.42. The standard InChI is InChI=1S/C11H11FN2O2/c12-8-3-1-2-6-4-7(14-10(6)8)5-9(13)11(15)16/h1-4,9,14H,5,13H2,(H,15,16). The quantitative estimate of drug-likeness (QED) is 0.731. The number of aromatic nitrogens is 1. The normalized spacial score (nSPS) is 12.9. The molecule has 0 amide bonds. The van der Waals surface area contributed by atoms with Crippen LogP contribution in [0.3, 0.4) is 0 Å². The number of carbonyl (C=O) groups is 1. The van der Waals surface area contributed by atoms with E-state index in [0.717, 1.165) is 0 Å². The van der Waals surface area contributed by atoms with Gasteiger partial charge in [0, 0.05) is 17.5 Å². The number of halogens is 1. The number of carboxylic acids is 1. The molecule has 2 aromatic rings. The Hall–Kier alpha value is -1.88. The minimum absolute atomic E-state index is 0.156. The number of H-pyrrole nitrogens is 1. The third-order valence-corrected chi connectivity index (χ3v) is 2.42. The van der Waals surface area contributed by atoms with Gasteiger partial charge in [0.2, 0.25) is 0 Å². The van der Waals surface area contributed by atoms with Gasteiger partial charge in [0.15, 0.2) is 0 Å². The summed E-state index contributed by atoms with van der Waals surface area (Å²) in [7, 11) is 0. The number of fused-ring (bicyclic) bond motifs is 1. The number of hydrogen-bond donors (Lipinski definition) is 3. The van der Waals surface area contributed by atoms with Crippen molar-refractivity contribution in [1.82, 2.24) is 4.98 Å². The molecule has 1 unspecified atom stereocenters. The molecule has 84 valence electrons. The van der Waals surface area contributed by atoms with Gasteiger partial charge >= 0.3 is 5.97 Å². The summed E-state index contributed by atoms with van der Waals surface area (Å²) in [6.07, 6.45) is 0.156. The van der Waals surface area contributed by atoms with E-state index in [4.69, 9.17) is 10.8 Å². The Bertz CT molecular complexity index is 536. The van der Waals surface area contributed by atoms with Crippen molar-refractivity contribution in [3.63, 3.8) is 0 Å². The fraction of sp³-hybridized carbons (Fsp3) is 0.182. The zero-order valence-electron chi connectivity index (χ0n) is 8.40. The summed E-state index contributed by atoms with van der Waals surface area (Å²) in [4.78, 5) is 13.4. The summed E-state index contributed by atoms with van der Waals surface area (Å²) < 4.78 is 13.3. The lowest BCUT2D eigenvalue weighted by Gasteiger charge is -2.02. The molecule has 1 heterocycles. The summed E-state index contributed by atoms with van der Waals surface area (Å²) in [5.41, 5.74) is 6.40. The van der Waals surface area contributed by atoms with Gasteiger partial charge in [-0.25, -0.2) is 4.39 Å². The van der Waals surface area contributed by atoms with Crippen LogP contribution in [0.15, 0.2) is 24.3 Å². The van der Waals surface area contributed by atoms with Crippen LogP contribution in [0, 0.1) is 5.82 Å². The van der Waals surface area contributed by atoms with Crippen LogP contribution >= 0.6 is 0 Å². The number of aromatic amines is 1. The number of benzene rings is 1. The van der Waals surface area contributed by atoms with E-state index in [2.05, 4.69) is 4.98 Å². The molecule has 0 spiro atoms. The lowest BCUT2D eigenvalue weighted by Crippen LogP contribution is -2.32. The van der Waals surface area contributed by atoms with Crippen LogP contribution in [-0.4, -0.2) is 22.1 Å². The van der Waals surface area contributed by atoms with Crippen molar-refractivity contribution in [3.05, 3.63) is 35.8 Å². The largest absolute Gasteiger partial charge is 0.480 e. The van der Waals surface area contributed by atoms with Gasteiger partial charge < -0.3 is 15.8 Å². The fourth-order valence-electron chi connectivity index (χ4n) is 1.61. The van der Waals surface area contributed by atoms with Gasteiger partial charge in [0.05, 0.1) is 5.52 Å². The first-order valence-corrected chi connectivity index (χ1v) is 4.82. The molecule has 0 aliphatic carbocycles. The van der Waals surface area contributed by atoms with Gasteiger partial charge in [0.1, 0.15) is 11.9 Å². The highest BCUT2D eigenvalue weighted by molar-refractivity contribution is 5.81. The summed E-state index contributed by atoms with van der Waals surface area (Å²) in [6.45, 7) is 0. The molecule has 0 fully saturated rings. The van der Waals surface area contributed by atoms with Crippen LogP contribution in [0.5, 0.6) is 0 Å². The Labute approximate surface area is 90.9 Å². The Kier molecular flexibility index (Phi) is 2.62. The summed E-state index contributed by atoms with van der Waals surface area (Å²) >= 11 is 0. The number of aliphatic carboxylic acids is 1. The number of hydrogen-bond acceptors (Lipinski definition) is 2. The Morgan fingerprint density at radius 2 is 2.31 bits per heavy atom. The van der Waals surface area contributed by atoms with Crippen molar-refractivity contribution in [1.29, 1.82) is 0 Å². The lowest BCUT2D eigenvalue weighted by atomic mass is 10.1. The second kappa shape index (κ2) is 3.94. The average Bonchev–Trinajstić information content (AvgIpc) is 2.61. The first-order valence-electron chi connectivity index (χ1n) is 4.82. The van der Waals surface area contributed by atoms with Gasteiger partial charge in [-0.2, -0.15) is 0 Å². The molecule has 16 heavy (non-hydrogen) atoms. The van der Waals surface area contributed by atoms with Crippen molar-refractivity contribution >= 4 is 16.9 Å². The first-order chi connectivity index (χ1) is 7.58. The van der Waals surface area contributed by atoms with Gasteiger partial charge in [-0.15, -0.1) is 0 Å². The average molecular weight is 222 g/mol. The van der Waals surface area contributed by atoms with Crippen LogP contribution in [0.4, 0.5) is 4.39 Å². The minimum Gasteiger partial charge on any atom is -0.480 e. The number of para-hydroxylation sites is 1. The fourth-order valence-corrected chi connectivity index (χ4v) is 1.61. The topological polar surface area (TPSA) is 79.1 Å². The monoisotopic (exact) mass is 222 g/mol. The molecule has 0 saturated heterocycles. The van der Waals surface area contributed by atoms with Gasteiger partial charge in [-0.1, -0.05) is 12.1 Å². The maximum atomic E-state index is 13.3. The number of rotatable bonds is 3. The van der Waals surface area contributed by atoms with Crippen molar-refractivity contribution < 1.29 is 14.3 Å². The van der Waals surface area contributed by atoms with E-state index in [9.17, 15) is 9.18 Å². The molecule has 0 radical (unpaired) electrons. The van der Waals surface area contributed by atoms with Crippen molar-refractivity contribution in [2.24, 2.45) is 5.73 Å². The van der Waals surface area contributed by atoms with E-state index < -0.39 is 12.0 Å². The maximum Gasteiger partial charge on any atom is 0.320 e. The van der Waals surface area contributed by atoms with Gasteiger partial charge in [-0.3, -0.25) is 4.79 Å². The predicted octanol–water partition coefficient (Wildman–Crippen LogP) is 1.26. The minimum atomic E-state index is -1.07. The number of nitrogens with one attached hydrogen (secondary N) is 1. The van der Waals surface area contributed by atoms with Crippen LogP contribution in [0.1, 0.15) is 5.69 Å². The highest BCUT2D eigenvalue weighted by Gasteiger charge is 2.14. The van der Waals surface area contributed by atoms with E-state index in [1.54, 1.807) is 18.2 Å². The van der Waals surface area contributed by atoms with Gasteiger partial charge in [-0.05, 0) is 12.1 Å². The second-order valence-electron chi connectivity index (χ2n) is 3.65. The van der Waals surface area contributed by atoms with E-state index in [-0.39, 0.29) is 12.2 Å². The van der Waals surface area contributed by atoms with Crippen molar-refractivity contribution in [3.8, 4) is 0 Å². The molecule has 4 nitrogen and oxygen atoms in total. The zero-order chi connectivity index (χ0) is 11.7. The summed E-state index contributed by atoms with van der Waals surface area (Å²) in [6, 6.07) is 5.44. The molecular formula is C11H11FN2O2. The third kappa shape index (κ3) is 1.90. The maximum absolute atomic E-state index is 13.3. The Morgan fingerprint density at radius 3 is 2.94 bits per heavy atom. The van der Waals surface area contributed by atoms with E-state index in [1.165, 1.54) is 6.07 Å². The van der Waals surface area contributed by atoms with Crippen LogP contribution in [-0.2, 0) is 11.2 Å². The Balaban J connectivity index is 2.33. The smallest absolute Gasteiger partial charge is 0.320 e. The van der Waals surface area contributed by atoms with Crippen LogP contribution in [0.2, 0.25) is 0 Å². The van der Waals surface area contributed by atoms with Gasteiger partial charge in [0.25, 0.3) is 0 Å². The van der Waals surface area contributed by atoms with Crippen LogP contribution in [0.25, 0.3) is 10.9 Å². The molecule has 0 aliphatic rings. The highest BCUT2D eigenvalue weighted by atomic mass is 19.1. The molecule has 0 aliphatic heterocycles. The molecule has 4 N–H and O–H groups in total. The second-order valence-corrected chi connectivity index (χ2v) is 3.65. The number of carboxylic acid groups (broad SMARTS) is 1. The molecular weight excluding hydrogens is 211 g/mol. The van der Waals surface area contributed by atoms with Crippen molar-refractivity contribution in [2.45, 2.75) is 12.5 Å². The highest BCUT2D eigenvalue weighted by Crippen LogP contribution is 2.18. The zero-order valence-corrected chi connectivity index (χ0v) is 8.40. The van der Waals surface area contributed by atoms with E-state index in [1.807, 2.05) is 0 Å². The molecule has 1 atom stereocenters. The summed E-state index contributed by atoms with van der Waals surface area (Å²) in [5, 5.41) is 9.38. The first kappa shape index (κ1) is 10.6. The predicted molar refractivity (Wildman–Crippen MR) is 57.6 cm³/mol. The molecule has 5 heteroatoms. The molecule has 1 aromatic carbocycles. The SMILES string of the molecule is NC(Cc1cc2cccc(F)c2[nH]1)C(=O)O. The van der Waals surface area contributed by atoms with Crippen LogP contribution < -0.4 is 5.73 Å². The summed E-state index contributed by atoms with van der Waals surface area (Å²) in [5.74, 6) is -1.42. The molecule has 0 saturated carbocycles. The van der Waals surface area contributed by atoms with E-state index >= 15 is 0 Å². The molecule has 2 rings (SSSR count). The molecule has 0 bridgehead atoms. The van der Waals surface area contributed by atoms with E-state index in [0.29, 0.717) is 16.6 Å². The number of nitrogens with two attached hydrogens (primary N) is 1. The van der Waals surface area contributed by atoms with Crippen molar-refractivity contribution in [2.75, 3.05) is 0 Å². The lowest BCUT2D eigenvalue weighted by molar-refractivity contribution is -0.138. The Morgan fingerprint density at radius 1 is 1.56 bits per heavy atom. The molecule has 1 aromatic heterocycles.